The minimum Gasteiger partial charge on any atom is -0.385 e. The van der Waals surface area contributed by atoms with Gasteiger partial charge in [0.15, 0.2) is 0 Å². The second-order valence-corrected chi connectivity index (χ2v) is 9.02. The number of anilines is 2. The molecule has 3 aliphatic rings. The number of hydrogen-bond acceptors (Lipinski definition) is 4. The quantitative estimate of drug-likeness (QED) is 0.820. The van der Waals surface area contributed by atoms with Crippen LogP contribution in [0.5, 0.6) is 0 Å². The van der Waals surface area contributed by atoms with Gasteiger partial charge in [0.1, 0.15) is 0 Å². The molecule has 1 heterocycles. The molecule has 1 saturated heterocycles. The lowest BCUT2D eigenvalue weighted by molar-refractivity contribution is 0.148. The molecule has 4 heteroatoms. The average molecular weight is 371 g/mol. The summed E-state index contributed by atoms with van der Waals surface area (Å²) in [6.45, 7) is 5.90. The molecular formula is C23H38N4. The van der Waals surface area contributed by atoms with E-state index in [4.69, 9.17) is 5.73 Å². The van der Waals surface area contributed by atoms with Crippen molar-refractivity contribution in [1.29, 1.82) is 0 Å². The van der Waals surface area contributed by atoms with Crippen molar-refractivity contribution in [3.8, 4) is 0 Å². The zero-order chi connectivity index (χ0) is 18.5. The van der Waals surface area contributed by atoms with Crippen LogP contribution >= 0.6 is 0 Å². The van der Waals surface area contributed by atoms with E-state index in [2.05, 4.69) is 39.4 Å². The molecule has 0 bridgehead atoms. The van der Waals surface area contributed by atoms with Crippen molar-refractivity contribution in [3.63, 3.8) is 0 Å². The highest BCUT2D eigenvalue weighted by molar-refractivity contribution is 5.55. The van der Waals surface area contributed by atoms with Gasteiger partial charge in [-0.1, -0.05) is 19.3 Å². The van der Waals surface area contributed by atoms with E-state index in [-0.39, 0.29) is 0 Å². The molecule has 3 N–H and O–H groups in total. The second-order valence-electron chi connectivity index (χ2n) is 9.02. The van der Waals surface area contributed by atoms with Gasteiger partial charge in [0.2, 0.25) is 0 Å². The number of rotatable bonds is 5. The van der Waals surface area contributed by atoms with Crippen LogP contribution in [0.15, 0.2) is 24.3 Å². The SMILES string of the molecule is N[C@H]1CC[C@H](CNc2ccc(N3CCN(C4CCCCC4)CC3)cc2)CC1. The lowest BCUT2D eigenvalue weighted by Gasteiger charge is -2.41. The first-order chi connectivity index (χ1) is 13.3. The van der Waals surface area contributed by atoms with Crippen LogP contribution in [0.25, 0.3) is 0 Å². The molecule has 0 amide bonds. The molecule has 1 aromatic rings. The van der Waals surface area contributed by atoms with Crippen LogP contribution in [0.2, 0.25) is 0 Å². The molecule has 3 fully saturated rings. The summed E-state index contributed by atoms with van der Waals surface area (Å²) in [5.74, 6) is 0.789. The van der Waals surface area contributed by atoms with Crippen molar-refractivity contribution in [2.24, 2.45) is 11.7 Å². The van der Waals surface area contributed by atoms with Crippen LogP contribution in [0.3, 0.4) is 0 Å². The Morgan fingerprint density at radius 3 is 2.15 bits per heavy atom. The van der Waals surface area contributed by atoms with Crippen molar-refractivity contribution in [2.75, 3.05) is 42.9 Å². The highest BCUT2D eigenvalue weighted by atomic mass is 15.3. The van der Waals surface area contributed by atoms with Crippen LogP contribution in [0, 0.1) is 5.92 Å². The molecule has 0 unspecified atom stereocenters. The van der Waals surface area contributed by atoms with Gasteiger partial charge in [-0.25, -0.2) is 0 Å². The molecule has 4 nitrogen and oxygen atoms in total. The molecule has 150 valence electrons. The lowest BCUT2D eigenvalue weighted by Crippen LogP contribution is -2.50. The summed E-state index contributed by atoms with van der Waals surface area (Å²) in [7, 11) is 0. The number of nitrogens with two attached hydrogens (primary N) is 1. The molecule has 4 rings (SSSR count). The predicted molar refractivity (Wildman–Crippen MR) is 116 cm³/mol. The van der Waals surface area contributed by atoms with E-state index in [9.17, 15) is 0 Å². The zero-order valence-electron chi connectivity index (χ0n) is 16.9. The Labute approximate surface area is 165 Å². The summed E-state index contributed by atoms with van der Waals surface area (Å²) in [6.07, 6.45) is 12.1. The molecule has 0 aromatic heterocycles. The lowest BCUT2D eigenvalue weighted by atomic mass is 9.86. The minimum absolute atomic E-state index is 0.444. The zero-order valence-corrected chi connectivity index (χ0v) is 16.9. The fraction of sp³-hybridized carbons (Fsp3) is 0.739. The van der Waals surface area contributed by atoms with E-state index in [1.54, 1.807) is 0 Å². The first kappa shape index (κ1) is 19.1. The maximum atomic E-state index is 6.01. The smallest absolute Gasteiger partial charge is 0.0368 e. The summed E-state index contributed by atoms with van der Waals surface area (Å²) in [5, 5.41) is 3.64. The number of piperazine rings is 1. The van der Waals surface area contributed by atoms with Crippen LogP contribution in [0.4, 0.5) is 11.4 Å². The third-order valence-corrected chi connectivity index (χ3v) is 7.12. The third kappa shape index (κ3) is 5.17. The van der Waals surface area contributed by atoms with E-state index in [1.165, 1.54) is 95.3 Å². The highest BCUT2D eigenvalue weighted by Gasteiger charge is 2.25. The van der Waals surface area contributed by atoms with E-state index >= 15 is 0 Å². The van der Waals surface area contributed by atoms with Crippen LogP contribution in [0.1, 0.15) is 57.8 Å². The highest BCUT2D eigenvalue weighted by Crippen LogP contribution is 2.26. The number of benzene rings is 1. The van der Waals surface area contributed by atoms with Gasteiger partial charge in [0.05, 0.1) is 0 Å². The Hall–Kier alpha value is -1.26. The summed E-state index contributed by atoms with van der Waals surface area (Å²) < 4.78 is 0. The number of hydrogen-bond donors (Lipinski definition) is 2. The normalized spacial score (nSPS) is 28.3. The Kier molecular flexibility index (Phi) is 6.56. The topological polar surface area (TPSA) is 44.5 Å². The summed E-state index contributed by atoms with van der Waals surface area (Å²) >= 11 is 0. The van der Waals surface area contributed by atoms with Crippen molar-refractivity contribution in [1.82, 2.24) is 4.90 Å². The van der Waals surface area contributed by atoms with Crippen molar-refractivity contribution in [2.45, 2.75) is 69.9 Å². The van der Waals surface area contributed by atoms with Gasteiger partial charge in [0, 0.05) is 56.2 Å². The van der Waals surface area contributed by atoms with Gasteiger partial charge in [-0.05, 0) is 68.7 Å². The Morgan fingerprint density at radius 1 is 0.815 bits per heavy atom. The van der Waals surface area contributed by atoms with Gasteiger partial charge >= 0.3 is 0 Å². The summed E-state index contributed by atoms with van der Waals surface area (Å²) in [4.78, 5) is 5.31. The monoisotopic (exact) mass is 370 g/mol. The van der Waals surface area contributed by atoms with Gasteiger partial charge in [0.25, 0.3) is 0 Å². The van der Waals surface area contributed by atoms with Gasteiger partial charge in [-0.2, -0.15) is 0 Å². The Bertz CT molecular complexity index is 550. The van der Waals surface area contributed by atoms with Gasteiger partial charge < -0.3 is 16.0 Å². The van der Waals surface area contributed by atoms with E-state index < -0.39 is 0 Å². The van der Waals surface area contributed by atoms with Gasteiger partial charge in [-0.3, -0.25) is 4.90 Å². The summed E-state index contributed by atoms with van der Waals surface area (Å²) in [5.41, 5.74) is 8.66. The summed E-state index contributed by atoms with van der Waals surface area (Å²) in [6, 6.07) is 10.4. The molecule has 0 radical (unpaired) electrons. The number of nitrogens with zero attached hydrogens (tertiary/aromatic N) is 2. The average Bonchev–Trinajstić information content (AvgIpc) is 2.75. The van der Waals surface area contributed by atoms with E-state index in [0.29, 0.717) is 6.04 Å². The maximum Gasteiger partial charge on any atom is 0.0368 e. The first-order valence-corrected chi connectivity index (χ1v) is 11.4. The van der Waals surface area contributed by atoms with Crippen molar-refractivity contribution < 1.29 is 0 Å². The first-order valence-electron chi connectivity index (χ1n) is 11.4. The Morgan fingerprint density at radius 2 is 1.48 bits per heavy atom. The molecule has 2 aliphatic carbocycles. The molecule has 0 spiro atoms. The Balaban J connectivity index is 1.22. The van der Waals surface area contributed by atoms with Gasteiger partial charge in [-0.15, -0.1) is 0 Å². The molecule has 1 aliphatic heterocycles. The predicted octanol–water partition coefficient (Wildman–Crippen LogP) is 4.07. The van der Waals surface area contributed by atoms with Crippen molar-refractivity contribution in [3.05, 3.63) is 24.3 Å². The van der Waals surface area contributed by atoms with Crippen LogP contribution in [-0.2, 0) is 0 Å². The molecule has 27 heavy (non-hydrogen) atoms. The van der Waals surface area contributed by atoms with E-state index in [1.807, 2.05) is 0 Å². The fourth-order valence-electron chi connectivity index (χ4n) is 5.24. The maximum absolute atomic E-state index is 6.01. The molecule has 1 aromatic carbocycles. The molecule has 2 saturated carbocycles. The fourth-order valence-corrected chi connectivity index (χ4v) is 5.24. The minimum atomic E-state index is 0.444. The standard InChI is InChI=1S/C23H38N4/c24-20-8-6-19(7-9-20)18-25-21-10-12-23(13-11-21)27-16-14-26(15-17-27)22-4-2-1-3-5-22/h10-13,19-20,22,25H,1-9,14-18,24H2/t19-,20-. The van der Waals surface area contributed by atoms with Crippen LogP contribution < -0.4 is 16.0 Å². The second kappa shape index (κ2) is 9.29. The van der Waals surface area contributed by atoms with Crippen molar-refractivity contribution >= 4 is 11.4 Å². The molecular weight excluding hydrogens is 332 g/mol. The number of nitrogens with one attached hydrogen (secondary N) is 1. The largest absolute Gasteiger partial charge is 0.385 e. The third-order valence-electron chi connectivity index (χ3n) is 7.12. The molecule has 0 atom stereocenters. The van der Waals surface area contributed by atoms with E-state index in [0.717, 1.165) is 18.5 Å². The van der Waals surface area contributed by atoms with Crippen LogP contribution in [-0.4, -0.2) is 49.7 Å².